The zero-order valence-electron chi connectivity index (χ0n) is 8.86. The van der Waals surface area contributed by atoms with Crippen molar-refractivity contribution in [3.63, 3.8) is 0 Å². The van der Waals surface area contributed by atoms with E-state index >= 15 is 0 Å². The normalized spacial score (nSPS) is 11.1. The molecule has 1 aromatic carbocycles. The first kappa shape index (κ1) is 13.2. The van der Waals surface area contributed by atoms with Gasteiger partial charge in [-0.25, -0.2) is 0 Å². The monoisotopic (exact) mass is 283 g/mol. The summed E-state index contributed by atoms with van der Waals surface area (Å²) >= 11 is 3.33. The maximum atomic E-state index is 9.28. The molecule has 0 saturated heterocycles. The second kappa shape index (κ2) is 6.00. The molecule has 0 bridgehead atoms. The van der Waals surface area contributed by atoms with Gasteiger partial charge in [0.05, 0.1) is 11.5 Å². The Hall–Kier alpha value is -0.890. The van der Waals surface area contributed by atoms with Gasteiger partial charge in [-0.3, -0.25) is 0 Å². The molecule has 0 radical (unpaired) electrons. The largest absolute Gasteiger partial charge is 0.396 e. The predicted octanol–water partition coefficient (Wildman–Crippen LogP) is 1.98. The lowest BCUT2D eigenvalue weighted by Gasteiger charge is -2.25. The van der Waals surface area contributed by atoms with Crippen LogP contribution in [0.3, 0.4) is 0 Å². The minimum Gasteiger partial charge on any atom is -0.396 e. The Labute approximate surface area is 103 Å². The molecule has 0 spiro atoms. The molecule has 0 heterocycles. The number of rotatable bonds is 5. The second-order valence-electron chi connectivity index (χ2n) is 3.65. The average molecular weight is 284 g/mol. The van der Waals surface area contributed by atoms with Gasteiger partial charge in [0.15, 0.2) is 0 Å². The number of halogens is 1. The van der Waals surface area contributed by atoms with Crippen LogP contribution >= 0.6 is 15.9 Å². The highest BCUT2D eigenvalue weighted by Gasteiger charge is 2.31. The summed E-state index contributed by atoms with van der Waals surface area (Å²) in [7, 11) is 0. The molecule has 1 rings (SSSR count). The van der Waals surface area contributed by atoms with Crippen LogP contribution in [0.1, 0.15) is 18.4 Å². The van der Waals surface area contributed by atoms with Crippen LogP contribution in [0.2, 0.25) is 0 Å². The van der Waals surface area contributed by atoms with Gasteiger partial charge >= 0.3 is 0 Å². The van der Waals surface area contributed by atoms with Crippen molar-refractivity contribution in [2.45, 2.75) is 18.3 Å². The Morgan fingerprint density at radius 1 is 1.12 bits per heavy atom. The van der Waals surface area contributed by atoms with E-state index in [1.807, 2.05) is 24.3 Å². The third-order valence-electron chi connectivity index (χ3n) is 2.69. The molecule has 0 aromatic heterocycles. The van der Waals surface area contributed by atoms with Crippen molar-refractivity contribution in [2.24, 2.45) is 0 Å². The van der Waals surface area contributed by atoms with Gasteiger partial charge in [-0.1, -0.05) is 28.1 Å². The lowest BCUT2D eigenvalue weighted by atomic mass is 9.76. The number of hydrogen-bond acceptors (Lipinski definition) is 3. The van der Waals surface area contributed by atoms with Crippen LogP contribution in [0.4, 0.5) is 0 Å². The van der Waals surface area contributed by atoms with Crippen molar-refractivity contribution in [1.82, 2.24) is 0 Å². The highest BCUT2D eigenvalue weighted by Crippen LogP contribution is 2.31. The SMILES string of the molecule is N#CC(CCO)(CCO)c1ccc(Br)cc1. The molecule has 0 fully saturated rings. The number of nitriles is 1. The molecule has 0 aliphatic heterocycles. The highest BCUT2D eigenvalue weighted by atomic mass is 79.9. The van der Waals surface area contributed by atoms with E-state index in [4.69, 9.17) is 10.2 Å². The predicted molar refractivity (Wildman–Crippen MR) is 64.8 cm³/mol. The molecule has 2 N–H and O–H groups in total. The molecule has 86 valence electrons. The Morgan fingerprint density at radius 3 is 2.00 bits per heavy atom. The van der Waals surface area contributed by atoms with E-state index in [0.29, 0.717) is 12.8 Å². The summed E-state index contributed by atoms with van der Waals surface area (Å²) in [6.07, 6.45) is 0.678. The molecule has 0 aliphatic rings. The van der Waals surface area contributed by atoms with Crippen molar-refractivity contribution in [2.75, 3.05) is 13.2 Å². The second-order valence-corrected chi connectivity index (χ2v) is 4.56. The third kappa shape index (κ3) is 2.82. The minimum atomic E-state index is -0.788. The van der Waals surface area contributed by atoms with Crippen LogP contribution in [0.15, 0.2) is 28.7 Å². The lowest BCUT2D eigenvalue weighted by Crippen LogP contribution is -2.27. The van der Waals surface area contributed by atoms with Crippen molar-refractivity contribution < 1.29 is 10.2 Å². The van der Waals surface area contributed by atoms with Gasteiger partial charge in [0.2, 0.25) is 0 Å². The standard InChI is InChI=1S/C12H14BrNO2/c13-11-3-1-10(2-4-11)12(9-14,5-7-15)6-8-16/h1-4,15-16H,5-8H2. The van der Waals surface area contributed by atoms with E-state index in [9.17, 15) is 5.26 Å². The van der Waals surface area contributed by atoms with Gasteiger partial charge in [0, 0.05) is 17.7 Å². The summed E-state index contributed by atoms with van der Waals surface area (Å²) in [6.45, 7) is -0.132. The fourth-order valence-electron chi connectivity index (χ4n) is 1.74. The molecular formula is C12H14BrNO2. The van der Waals surface area contributed by atoms with Crippen LogP contribution in [0, 0.1) is 11.3 Å². The fraction of sp³-hybridized carbons (Fsp3) is 0.417. The molecule has 0 atom stereocenters. The molecular weight excluding hydrogens is 270 g/mol. The molecule has 0 aliphatic carbocycles. The average Bonchev–Trinajstić information content (AvgIpc) is 2.29. The summed E-state index contributed by atoms with van der Waals surface area (Å²) in [6, 6.07) is 9.62. The first-order chi connectivity index (χ1) is 7.68. The summed E-state index contributed by atoms with van der Waals surface area (Å²) in [4.78, 5) is 0. The van der Waals surface area contributed by atoms with Gasteiger partial charge < -0.3 is 10.2 Å². The quantitative estimate of drug-likeness (QED) is 0.869. The molecule has 0 amide bonds. The number of nitrogens with zero attached hydrogens (tertiary/aromatic N) is 1. The zero-order chi connectivity index (χ0) is 12.0. The maximum Gasteiger partial charge on any atom is 0.0865 e. The van der Waals surface area contributed by atoms with Gasteiger partial charge in [0.1, 0.15) is 0 Å². The zero-order valence-corrected chi connectivity index (χ0v) is 10.4. The maximum absolute atomic E-state index is 9.28. The van der Waals surface area contributed by atoms with Crippen LogP contribution < -0.4 is 0 Å². The molecule has 0 unspecified atom stereocenters. The fourth-order valence-corrected chi connectivity index (χ4v) is 2.01. The van der Waals surface area contributed by atoms with E-state index in [0.717, 1.165) is 10.0 Å². The van der Waals surface area contributed by atoms with Gasteiger partial charge in [-0.2, -0.15) is 5.26 Å². The van der Waals surface area contributed by atoms with Crippen molar-refractivity contribution in [1.29, 1.82) is 5.26 Å². The summed E-state index contributed by atoms with van der Waals surface area (Å²) in [5.74, 6) is 0. The Balaban J connectivity index is 3.09. The Bertz CT molecular complexity index is 364. The molecule has 4 heteroatoms. The highest BCUT2D eigenvalue weighted by molar-refractivity contribution is 9.10. The van der Waals surface area contributed by atoms with Crippen LogP contribution in [0.25, 0.3) is 0 Å². The van der Waals surface area contributed by atoms with Gasteiger partial charge in [-0.05, 0) is 30.5 Å². The smallest absolute Gasteiger partial charge is 0.0865 e. The number of aliphatic hydroxyl groups excluding tert-OH is 2. The van der Waals surface area contributed by atoms with Crippen molar-refractivity contribution in [3.05, 3.63) is 34.3 Å². The molecule has 16 heavy (non-hydrogen) atoms. The first-order valence-electron chi connectivity index (χ1n) is 5.07. The number of aliphatic hydroxyl groups is 2. The summed E-state index contributed by atoms with van der Waals surface area (Å²) < 4.78 is 0.941. The van der Waals surface area contributed by atoms with E-state index in [2.05, 4.69) is 22.0 Å². The number of hydrogen-bond donors (Lipinski definition) is 2. The summed E-state index contributed by atoms with van der Waals surface area (Å²) in [5, 5.41) is 27.3. The topological polar surface area (TPSA) is 64.2 Å². The van der Waals surface area contributed by atoms with E-state index in [1.165, 1.54) is 0 Å². The van der Waals surface area contributed by atoms with E-state index < -0.39 is 5.41 Å². The lowest BCUT2D eigenvalue weighted by molar-refractivity contribution is 0.217. The number of benzene rings is 1. The van der Waals surface area contributed by atoms with E-state index in [1.54, 1.807) is 0 Å². The molecule has 1 aromatic rings. The molecule has 3 nitrogen and oxygen atoms in total. The van der Waals surface area contributed by atoms with Crippen LogP contribution in [-0.4, -0.2) is 23.4 Å². The molecule has 0 saturated carbocycles. The van der Waals surface area contributed by atoms with Gasteiger partial charge in [-0.15, -0.1) is 0 Å². The van der Waals surface area contributed by atoms with Crippen molar-refractivity contribution in [3.8, 4) is 6.07 Å². The third-order valence-corrected chi connectivity index (χ3v) is 3.22. The van der Waals surface area contributed by atoms with Crippen LogP contribution in [0.5, 0.6) is 0 Å². The van der Waals surface area contributed by atoms with Crippen molar-refractivity contribution >= 4 is 15.9 Å². The van der Waals surface area contributed by atoms with Gasteiger partial charge in [0.25, 0.3) is 0 Å². The Kier molecular flexibility index (Phi) is 4.94. The first-order valence-corrected chi connectivity index (χ1v) is 5.87. The minimum absolute atomic E-state index is 0.0658. The summed E-state index contributed by atoms with van der Waals surface area (Å²) in [5.41, 5.74) is 0.0470. The van der Waals surface area contributed by atoms with Crippen LogP contribution in [-0.2, 0) is 5.41 Å². The van der Waals surface area contributed by atoms with E-state index in [-0.39, 0.29) is 13.2 Å². The Morgan fingerprint density at radius 2 is 1.62 bits per heavy atom.